The van der Waals surface area contributed by atoms with Gasteiger partial charge in [-0.15, -0.1) is 0 Å². The average molecular weight is 394 g/mol. The number of hydrogen-bond acceptors (Lipinski definition) is 4. The molecule has 0 aliphatic carbocycles. The molecule has 0 aromatic heterocycles. The standard InChI is InChI=1S/C25H22N4O/c30-25(29-27-20-8-14-22-11-5-2-6-12-22)23-15-17-24(18-16-23)28-26-19-7-13-21-9-3-1-4-10-21/h1-20,28H,(H,29,30)/b13-7?,14-8?,26-19+,27-20+. The fourth-order valence-electron chi connectivity index (χ4n) is 2.49. The maximum atomic E-state index is 12.1. The Kier molecular flexibility index (Phi) is 7.89. The van der Waals surface area contributed by atoms with Gasteiger partial charge in [-0.25, -0.2) is 5.43 Å². The van der Waals surface area contributed by atoms with Gasteiger partial charge in [-0.2, -0.15) is 10.2 Å². The highest BCUT2D eigenvalue weighted by molar-refractivity contribution is 5.95. The van der Waals surface area contributed by atoms with E-state index < -0.39 is 0 Å². The molecule has 0 atom stereocenters. The summed E-state index contributed by atoms with van der Waals surface area (Å²) in [4.78, 5) is 12.1. The minimum Gasteiger partial charge on any atom is -0.279 e. The fourth-order valence-corrected chi connectivity index (χ4v) is 2.49. The molecule has 0 saturated heterocycles. The molecule has 3 aromatic rings. The highest BCUT2D eigenvalue weighted by Crippen LogP contribution is 2.09. The van der Waals surface area contributed by atoms with E-state index in [0.29, 0.717) is 5.56 Å². The van der Waals surface area contributed by atoms with Crippen LogP contribution in [-0.2, 0) is 0 Å². The minimum atomic E-state index is -0.278. The molecule has 0 aliphatic rings. The van der Waals surface area contributed by atoms with E-state index in [9.17, 15) is 4.79 Å². The Hall–Kier alpha value is -4.25. The first-order chi connectivity index (χ1) is 14.8. The number of nitrogens with one attached hydrogen (secondary N) is 2. The van der Waals surface area contributed by atoms with Crippen molar-refractivity contribution in [3.63, 3.8) is 0 Å². The van der Waals surface area contributed by atoms with Crippen molar-refractivity contribution >= 4 is 36.2 Å². The van der Waals surface area contributed by atoms with E-state index in [2.05, 4.69) is 21.1 Å². The van der Waals surface area contributed by atoms with Gasteiger partial charge in [0.2, 0.25) is 0 Å². The van der Waals surface area contributed by atoms with E-state index in [1.54, 1.807) is 42.8 Å². The van der Waals surface area contributed by atoms with Gasteiger partial charge in [0.15, 0.2) is 0 Å². The van der Waals surface area contributed by atoms with E-state index in [-0.39, 0.29) is 5.91 Å². The minimum absolute atomic E-state index is 0.278. The highest BCUT2D eigenvalue weighted by atomic mass is 16.2. The van der Waals surface area contributed by atoms with Gasteiger partial charge in [0.05, 0.1) is 5.69 Å². The molecular weight excluding hydrogens is 372 g/mol. The lowest BCUT2D eigenvalue weighted by molar-refractivity contribution is 0.0955. The molecule has 0 fully saturated rings. The van der Waals surface area contributed by atoms with Crippen LogP contribution in [0.4, 0.5) is 5.69 Å². The number of carbonyl (C=O) groups is 1. The lowest BCUT2D eigenvalue weighted by Crippen LogP contribution is -2.17. The molecule has 5 nitrogen and oxygen atoms in total. The van der Waals surface area contributed by atoms with Crippen LogP contribution in [-0.4, -0.2) is 18.3 Å². The van der Waals surface area contributed by atoms with Crippen LogP contribution in [0.15, 0.2) is 107 Å². The van der Waals surface area contributed by atoms with Crippen molar-refractivity contribution in [1.29, 1.82) is 0 Å². The van der Waals surface area contributed by atoms with Gasteiger partial charge in [0.1, 0.15) is 0 Å². The number of rotatable bonds is 8. The van der Waals surface area contributed by atoms with Gasteiger partial charge in [-0.1, -0.05) is 72.8 Å². The third-order valence-electron chi connectivity index (χ3n) is 4.00. The summed E-state index contributed by atoms with van der Waals surface area (Å²) in [5, 5.41) is 8.05. The topological polar surface area (TPSA) is 65.8 Å². The van der Waals surface area contributed by atoms with Gasteiger partial charge in [0, 0.05) is 18.0 Å². The Morgan fingerprint density at radius 2 is 1.20 bits per heavy atom. The zero-order chi connectivity index (χ0) is 20.9. The monoisotopic (exact) mass is 394 g/mol. The Morgan fingerprint density at radius 3 is 1.77 bits per heavy atom. The van der Waals surface area contributed by atoms with Crippen molar-refractivity contribution < 1.29 is 4.79 Å². The van der Waals surface area contributed by atoms with Crippen LogP contribution in [0, 0.1) is 0 Å². The summed E-state index contributed by atoms with van der Waals surface area (Å²) in [6.45, 7) is 0. The Balaban J connectivity index is 1.43. The van der Waals surface area contributed by atoms with E-state index in [1.807, 2.05) is 78.9 Å². The molecule has 0 saturated carbocycles. The predicted octanol–water partition coefficient (Wildman–Crippen LogP) is 5.23. The van der Waals surface area contributed by atoms with Gasteiger partial charge in [-0.3, -0.25) is 10.2 Å². The van der Waals surface area contributed by atoms with E-state index in [0.717, 1.165) is 16.8 Å². The largest absolute Gasteiger partial charge is 0.279 e. The van der Waals surface area contributed by atoms with Crippen LogP contribution in [0.1, 0.15) is 21.5 Å². The Morgan fingerprint density at radius 1 is 0.667 bits per heavy atom. The lowest BCUT2D eigenvalue weighted by atomic mass is 10.2. The number of carbonyl (C=O) groups excluding carboxylic acids is 1. The summed E-state index contributed by atoms with van der Waals surface area (Å²) in [6.07, 6.45) is 10.7. The predicted molar refractivity (Wildman–Crippen MR) is 125 cm³/mol. The first kappa shape index (κ1) is 20.5. The van der Waals surface area contributed by atoms with Crippen molar-refractivity contribution in [2.24, 2.45) is 10.2 Å². The van der Waals surface area contributed by atoms with Crippen LogP contribution < -0.4 is 10.9 Å². The third-order valence-corrected chi connectivity index (χ3v) is 4.00. The van der Waals surface area contributed by atoms with E-state index in [1.165, 1.54) is 0 Å². The van der Waals surface area contributed by atoms with E-state index in [4.69, 9.17) is 0 Å². The van der Waals surface area contributed by atoms with Crippen LogP contribution in [0.5, 0.6) is 0 Å². The smallest absolute Gasteiger partial charge is 0.271 e. The number of amides is 1. The second kappa shape index (κ2) is 11.6. The van der Waals surface area contributed by atoms with Crippen LogP contribution >= 0.6 is 0 Å². The maximum absolute atomic E-state index is 12.1. The molecule has 0 aliphatic heterocycles. The molecule has 0 radical (unpaired) electrons. The number of benzene rings is 3. The molecule has 5 heteroatoms. The summed E-state index contributed by atoms with van der Waals surface area (Å²) in [6, 6.07) is 26.8. The molecule has 0 spiro atoms. The first-order valence-electron chi connectivity index (χ1n) is 9.47. The number of allylic oxidation sites excluding steroid dienone is 2. The number of nitrogens with zero attached hydrogens (tertiary/aromatic N) is 2. The molecule has 2 N–H and O–H groups in total. The number of hydrazone groups is 2. The van der Waals surface area contributed by atoms with Crippen LogP contribution in [0.3, 0.4) is 0 Å². The zero-order valence-electron chi connectivity index (χ0n) is 16.3. The molecule has 0 bridgehead atoms. The van der Waals surface area contributed by atoms with Crippen molar-refractivity contribution in [3.05, 3.63) is 114 Å². The second-order valence-electron chi connectivity index (χ2n) is 6.23. The molecule has 3 aromatic carbocycles. The summed E-state index contributed by atoms with van der Waals surface area (Å²) < 4.78 is 0. The van der Waals surface area contributed by atoms with Crippen LogP contribution in [0.2, 0.25) is 0 Å². The van der Waals surface area contributed by atoms with E-state index >= 15 is 0 Å². The SMILES string of the molecule is O=C(N/N=C/C=Cc1ccccc1)c1ccc(N/N=C/C=Cc2ccccc2)cc1. The highest BCUT2D eigenvalue weighted by Gasteiger charge is 2.03. The quantitative estimate of drug-likeness (QED) is 0.406. The molecule has 0 heterocycles. The van der Waals surface area contributed by atoms with Crippen molar-refractivity contribution in [3.8, 4) is 0 Å². The lowest BCUT2D eigenvalue weighted by Gasteiger charge is -2.02. The number of hydrogen-bond donors (Lipinski definition) is 2. The fraction of sp³-hybridized carbons (Fsp3) is 0. The second-order valence-corrected chi connectivity index (χ2v) is 6.23. The average Bonchev–Trinajstić information content (AvgIpc) is 2.80. The van der Waals surface area contributed by atoms with Crippen molar-refractivity contribution in [2.75, 3.05) is 5.43 Å². The van der Waals surface area contributed by atoms with Gasteiger partial charge < -0.3 is 0 Å². The molecule has 30 heavy (non-hydrogen) atoms. The molecule has 0 unspecified atom stereocenters. The summed E-state index contributed by atoms with van der Waals surface area (Å²) in [5.41, 5.74) is 8.89. The van der Waals surface area contributed by atoms with Gasteiger partial charge >= 0.3 is 0 Å². The van der Waals surface area contributed by atoms with Crippen molar-refractivity contribution in [2.45, 2.75) is 0 Å². The molecule has 3 rings (SSSR count). The van der Waals surface area contributed by atoms with Gasteiger partial charge in [0.25, 0.3) is 5.91 Å². The maximum Gasteiger partial charge on any atom is 0.271 e. The Labute approximate surface area is 176 Å². The first-order valence-corrected chi connectivity index (χ1v) is 9.47. The molecular formula is C25H22N4O. The van der Waals surface area contributed by atoms with Crippen molar-refractivity contribution in [1.82, 2.24) is 5.43 Å². The Bertz CT molecular complexity index is 1040. The zero-order valence-corrected chi connectivity index (χ0v) is 16.3. The van der Waals surface area contributed by atoms with Gasteiger partial charge in [-0.05, 0) is 47.5 Å². The summed E-state index contributed by atoms with van der Waals surface area (Å²) >= 11 is 0. The van der Waals surface area contributed by atoms with Crippen LogP contribution in [0.25, 0.3) is 12.2 Å². The third kappa shape index (κ3) is 7.05. The normalized spacial score (nSPS) is 11.6. The molecule has 1 amide bonds. The number of anilines is 1. The summed E-state index contributed by atoms with van der Waals surface area (Å²) in [7, 11) is 0. The summed E-state index contributed by atoms with van der Waals surface area (Å²) in [5.74, 6) is -0.278. The molecule has 148 valence electrons.